The molecule has 1 unspecified atom stereocenters. The van der Waals surface area contributed by atoms with E-state index in [0.29, 0.717) is 13.2 Å². The Balaban J connectivity index is 1.93. The second kappa shape index (κ2) is 7.97. The molecule has 0 spiro atoms. The monoisotopic (exact) mass is 300 g/mol. The molecule has 0 bridgehead atoms. The van der Waals surface area contributed by atoms with Gasteiger partial charge in [0.2, 0.25) is 6.23 Å². The van der Waals surface area contributed by atoms with Crippen LogP contribution in [-0.2, 0) is 4.74 Å². The first-order valence-electron chi connectivity index (χ1n) is 7.80. The number of ether oxygens (including phenoxy) is 2. The molecule has 3 nitrogen and oxygen atoms in total. The lowest BCUT2D eigenvalue weighted by molar-refractivity contribution is -0.943. The zero-order valence-corrected chi connectivity index (χ0v) is 13.7. The second-order valence-electron chi connectivity index (χ2n) is 5.89. The molecule has 0 fully saturated rings. The van der Waals surface area contributed by atoms with E-state index >= 15 is 0 Å². The maximum Gasteiger partial charge on any atom is 0.219 e. The smallest absolute Gasteiger partial charge is 0.219 e. The van der Waals surface area contributed by atoms with Crippen LogP contribution in [0.1, 0.15) is 18.7 Å². The van der Waals surface area contributed by atoms with Gasteiger partial charge in [0.1, 0.15) is 12.4 Å². The van der Waals surface area contributed by atoms with Gasteiger partial charge < -0.3 is 9.47 Å². The van der Waals surface area contributed by atoms with E-state index in [0.717, 1.165) is 16.8 Å². The van der Waals surface area contributed by atoms with Gasteiger partial charge in [-0.05, 0) is 19.1 Å². The molecule has 0 aromatic heterocycles. The summed E-state index contributed by atoms with van der Waals surface area (Å²) in [5.41, 5.74) is 1.20. The maximum absolute atomic E-state index is 6.15. The average molecular weight is 300 g/mol. The van der Waals surface area contributed by atoms with Crippen molar-refractivity contribution in [2.75, 3.05) is 33.9 Å². The van der Waals surface area contributed by atoms with E-state index in [1.807, 2.05) is 36.4 Å². The highest BCUT2D eigenvalue weighted by molar-refractivity contribution is 5.20. The van der Waals surface area contributed by atoms with Gasteiger partial charge in [-0.3, -0.25) is 4.48 Å². The zero-order chi connectivity index (χ0) is 15.8. The Morgan fingerprint density at radius 1 is 0.864 bits per heavy atom. The van der Waals surface area contributed by atoms with Crippen molar-refractivity contribution in [2.45, 2.75) is 13.2 Å². The lowest BCUT2D eigenvalue weighted by Crippen LogP contribution is -2.44. The molecule has 0 amide bonds. The van der Waals surface area contributed by atoms with Crippen molar-refractivity contribution < 1.29 is 14.0 Å². The van der Waals surface area contributed by atoms with Crippen LogP contribution in [0.2, 0.25) is 0 Å². The Labute approximate surface area is 133 Å². The summed E-state index contributed by atoms with van der Waals surface area (Å²) in [4.78, 5) is 0. The average Bonchev–Trinajstić information content (AvgIpc) is 2.56. The minimum Gasteiger partial charge on any atom is -0.491 e. The highest BCUT2D eigenvalue weighted by Crippen LogP contribution is 2.26. The highest BCUT2D eigenvalue weighted by atomic mass is 16.5. The molecule has 0 aliphatic heterocycles. The fourth-order valence-corrected chi connectivity index (χ4v) is 2.32. The van der Waals surface area contributed by atoms with Crippen LogP contribution in [0.4, 0.5) is 0 Å². The van der Waals surface area contributed by atoms with Crippen LogP contribution in [0, 0.1) is 0 Å². The molecule has 2 aromatic rings. The van der Waals surface area contributed by atoms with Gasteiger partial charge >= 0.3 is 0 Å². The van der Waals surface area contributed by atoms with Crippen molar-refractivity contribution in [3.05, 3.63) is 66.2 Å². The van der Waals surface area contributed by atoms with Crippen molar-refractivity contribution in [2.24, 2.45) is 0 Å². The van der Waals surface area contributed by atoms with Crippen LogP contribution in [0.25, 0.3) is 0 Å². The van der Waals surface area contributed by atoms with Gasteiger partial charge in [-0.25, -0.2) is 0 Å². The predicted octanol–water partition coefficient (Wildman–Crippen LogP) is 3.88. The summed E-state index contributed by atoms with van der Waals surface area (Å²) in [5, 5.41) is 0. The molecule has 1 atom stereocenters. The van der Waals surface area contributed by atoms with Crippen LogP contribution in [0.3, 0.4) is 0 Å². The first-order chi connectivity index (χ1) is 10.6. The van der Waals surface area contributed by atoms with Crippen LogP contribution >= 0.6 is 0 Å². The number of nitrogens with zero attached hydrogens (tertiary/aromatic N) is 1. The molecule has 0 radical (unpaired) electrons. The predicted molar refractivity (Wildman–Crippen MR) is 89.7 cm³/mol. The quantitative estimate of drug-likeness (QED) is 0.418. The topological polar surface area (TPSA) is 18.5 Å². The minimum absolute atomic E-state index is 0.0190. The van der Waals surface area contributed by atoms with Crippen molar-refractivity contribution in [1.82, 2.24) is 0 Å². The van der Waals surface area contributed by atoms with Gasteiger partial charge in [-0.15, -0.1) is 0 Å². The van der Waals surface area contributed by atoms with E-state index in [9.17, 15) is 0 Å². The van der Waals surface area contributed by atoms with Gasteiger partial charge in [0.15, 0.2) is 0 Å². The van der Waals surface area contributed by atoms with Gasteiger partial charge in [0.05, 0.1) is 27.2 Å². The molecule has 0 aliphatic carbocycles. The first kappa shape index (κ1) is 16.5. The van der Waals surface area contributed by atoms with Crippen LogP contribution in [0.15, 0.2) is 60.7 Å². The number of hydrogen-bond acceptors (Lipinski definition) is 2. The standard InChI is InChI=1S/C19H26NO2/c1-4-20(2,3)19(17-11-7-5-8-12-17)22-16-15-21-18-13-9-6-10-14-18/h5-14,19H,4,15-16H2,1-3H3/q+1. The highest BCUT2D eigenvalue weighted by Gasteiger charge is 2.28. The van der Waals surface area contributed by atoms with E-state index in [1.54, 1.807) is 0 Å². The van der Waals surface area contributed by atoms with Gasteiger partial charge in [0.25, 0.3) is 0 Å². The first-order valence-corrected chi connectivity index (χ1v) is 7.80. The number of rotatable bonds is 8. The third-order valence-electron chi connectivity index (χ3n) is 3.91. The van der Waals surface area contributed by atoms with Crippen LogP contribution in [0.5, 0.6) is 5.75 Å². The molecule has 0 aliphatic rings. The summed E-state index contributed by atoms with van der Waals surface area (Å²) >= 11 is 0. The van der Waals surface area contributed by atoms with Crippen molar-refractivity contribution in [1.29, 1.82) is 0 Å². The molecule has 0 heterocycles. The van der Waals surface area contributed by atoms with E-state index in [1.165, 1.54) is 5.56 Å². The molecule has 22 heavy (non-hydrogen) atoms. The summed E-state index contributed by atoms with van der Waals surface area (Å²) < 4.78 is 12.6. The van der Waals surface area contributed by atoms with Crippen molar-refractivity contribution >= 4 is 0 Å². The third-order valence-corrected chi connectivity index (χ3v) is 3.91. The Hall–Kier alpha value is -1.84. The van der Waals surface area contributed by atoms with Gasteiger partial charge in [0, 0.05) is 5.56 Å². The summed E-state index contributed by atoms with van der Waals surface area (Å²) in [7, 11) is 4.38. The zero-order valence-electron chi connectivity index (χ0n) is 13.7. The summed E-state index contributed by atoms with van der Waals surface area (Å²) in [5.74, 6) is 0.881. The summed E-state index contributed by atoms with van der Waals surface area (Å²) in [6.07, 6.45) is 0.0190. The minimum atomic E-state index is 0.0190. The molecular weight excluding hydrogens is 274 g/mol. The molecular formula is C19H26NO2+. The molecule has 118 valence electrons. The Bertz CT molecular complexity index is 540. The number of quaternary nitrogens is 1. The fraction of sp³-hybridized carbons (Fsp3) is 0.368. The number of benzene rings is 2. The van der Waals surface area contributed by atoms with E-state index in [2.05, 4.69) is 45.3 Å². The maximum atomic E-state index is 6.15. The second-order valence-corrected chi connectivity index (χ2v) is 5.89. The molecule has 0 saturated carbocycles. The molecule has 0 N–H and O–H groups in total. The van der Waals surface area contributed by atoms with E-state index in [-0.39, 0.29) is 6.23 Å². The SMILES string of the molecule is CC[N+](C)(C)C(OCCOc1ccccc1)c1ccccc1. The van der Waals surface area contributed by atoms with Crippen LogP contribution < -0.4 is 4.74 Å². The van der Waals surface area contributed by atoms with E-state index in [4.69, 9.17) is 9.47 Å². The van der Waals surface area contributed by atoms with Crippen LogP contribution in [-0.4, -0.2) is 38.3 Å². The van der Waals surface area contributed by atoms with Gasteiger partial charge in [-0.1, -0.05) is 48.5 Å². The largest absolute Gasteiger partial charge is 0.491 e. The Kier molecular flexibility index (Phi) is 5.99. The third kappa shape index (κ3) is 4.58. The Morgan fingerprint density at radius 3 is 2.05 bits per heavy atom. The fourth-order valence-electron chi connectivity index (χ4n) is 2.32. The van der Waals surface area contributed by atoms with E-state index < -0.39 is 0 Å². The lowest BCUT2D eigenvalue weighted by atomic mass is 10.1. The van der Waals surface area contributed by atoms with Crippen molar-refractivity contribution in [3.8, 4) is 5.75 Å². The number of hydrogen-bond donors (Lipinski definition) is 0. The Morgan fingerprint density at radius 2 is 1.45 bits per heavy atom. The molecule has 2 rings (SSSR count). The molecule has 0 saturated heterocycles. The number of para-hydroxylation sites is 1. The summed E-state index contributed by atoms with van der Waals surface area (Å²) in [6.45, 7) is 4.30. The molecule has 2 aromatic carbocycles. The molecule has 3 heteroatoms. The van der Waals surface area contributed by atoms with Gasteiger partial charge in [-0.2, -0.15) is 0 Å². The normalized spacial score (nSPS) is 12.9. The lowest BCUT2D eigenvalue weighted by Gasteiger charge is -2.36. The summed E-state index contributed by atoms with van der Waals surface area (Å²) in [6, 6.07) is 20.2. The van der Waals surface area contributed by atoms with Crippen molar-refractivity contribution in [3.63, 3.8) is 0 Å².